The number of carboxylic acid groups (broad SMARTS) is 1. The first kappa shape index (κ1) is 14.3. The maximum absolute atomic E-state index is 11.4. The van der Waals surface area contributed by atoms with Crippen molar-refractivity contribution in [1.29, 1.82) is 0 Å². The Labute approximate surface area is 117 Å². The summed E-state index contributed by atoms with van der Waals surface area (Å²) in [6.45, 7) is 0. The van der Waals surface area contributed by atoms with Gasteiger partial charge in [0.15, 0.2) is 0 Å². The van der Waals surface area contributed by atoms with Gasteiger partial charge in [0, 0.05) is 12.2 Å². The van der Waals surface area contributed by atoms with E-state index >= 15 is 0 Å². The molecule has 0 saturated heterocycles. The summed E-state index contributed by atoms with van der Waals surface area (Å²) in [5, 5.41) is 12.3. The second-order valence-electron chi connectivity index (χ2n) is 4.96. The van der Waals surface area contributed by atoms with E-state index in [9.17, 15) is 9.59 Å². The van der Waals surface area contributed by atoms with Gasteiger partial charge in [-0.2, -0.15) is 0 Å². The van der Waals surface area contributed by atoms with Crippen LogP contribution in [0.5, 0.6) is 0 Å². The summed E-state index contributed by atoms with van der Waals surface area (Å²) < 4.78 is 4.66. The highest BCUT2D eigenvalue weighted by Crippen LogP contribution is 2.26. The average Bonchev–Trinajstić information content (AvgIpc) is 2.47. The Kier molecular flexibility index (Phi) is 4.55. The molecule has 2 N–H and O–H groups in total. The van der Waals surface area contributed by atoms with Gasteiger partial charge in [0.1, 0.15) is 5.82 Å². The van der Waals surface area contributed by atoms with E-state index in [1.54, 1.807) is 12.1 Å². The number of anilines is 1. The van der Waals surface area contributed by atoms with Gasteiger partial charge in [-0.3, -0.25) is 4.79 Å². The Morgan fingerprint density at radius 2 is 2.25 bits per heavy atom. The second kappa shape index (κ2) is 6.36. The van der Waals surface area contributed by atoms with E-state index in [0.29, 0.717) is 17.8 Å². The Hall–Kier alpha value is -2.11. The highest BCUT2D eigenvalue weighted by molar-refractivity contribution is 5.90. The van der Waals surface area contributed by atoms with Crippen molar-refractivity contribution in [2.24, 2.45) is 5.92 Å². The van der Waals surface area contributed by atoms with Gasteiger partial charge in [-0.1, -0.05) is 6.42 Å². The number of ether oxygens (including phenoxy) is 1. The zero-order chi connectivity index (χ0) is 14.5. The number of rotatable bonds is 4. The van der Waals surface area contributed by atoms with E-state index < -0.39 is 11.9 Å². The molecule has 1 aliphatic rings. The van der Waals surface area contributed by atoms with E-state index in [4.69, 9.17) is 5.11 Å². The first-order valence-corrected chi connectivity index (χ1v) is 6.64. The molecule has 108 valence electrons. The summed E-state index contributed by atoms with van der Waals surface area (Å²) in [4.78, 5) is 26.6. The molecule has 2 rings (SSSR count). The standard InChI is InChI=1S/C14H18N2O4/c1-20-14(19)10-5-6-15-12(8-10)16-11-4-2-3-9(7-11)13(17)18/h5-6,8-9,11H,2-4,7H2,1H3,(H,15,16)(H,17,18). The predicted molar refractivity (Wildman–Crippen MR) is 72.6 cm³/mol. The summed E-state index contributed by atoms with van der Waals surface area (Å²) in [6, 6.07) is 3.28. The van der Waals surface area contributed by atoms with Crippen molar-refractivity contribution in [3.05, 3.63) is 23.9 Å². The molecule has 0 spiro atoms. The Balaban J connectivity index is 2.02. The lowest BCUT2D eigenvalue weighted by Gasteiger charge is -2.27. The van der Waals surface area contributed by atoms with Gasteiger partial charge in [-0.25, -0.2) is 9.78 Å². The van der Waals surface area contributed by atoms with Crippen molar-refractivity contribution in [3.8, 4) is 0 Å². The molecule has 20 heavy (non-hydrogen) atoms. The van der Waals surface area contributed by atoms with Crippen molar-refractivity contribution >= 4 is 17.8 Å². The fourth-order valence-electron chi connectivity index (χ4n) is 2.51. The molecule has 1 saturated carbocycles. The number of aromatic nitrogens is 1. The maximum Gasteiger partial charge on any atom is 0.338 e. The van der Waals surface area contributed by atoms with Crippen LogP contribution in [0, 0.1) is 5.92 Å². The highest BCUT2D eigenvalue weighted by Gasteiger charge is 2.27. The van der Waals surface area contributed by atoms with Crippen molar-refractivity contribution in [2.45, 2.75) is 31.7 Å². The number of aliphatic carboxylic acids is 1. The Morgan fingerprint density at radius 3 is 2.95 bits per heavy atom. The largest absolute Gasteiger partial charge is 0.481 e. The average molecular weight is 278 g/mol. The van der Waals surface area contributed by atoms with Crippen molar-refractivity contribution in [3.63, 3.8) is 0 Å². The molecular weight excluding hydrogens is 260 g/mol. The third-order valence-corrected chi connectivity index (χ3v) is 3.56. The van der Waals surface area contributed by atoms with Gasteiger partial charge in [0.05, 0.1) is 18.6 Å². The van der Waals surface area contributed by atoms with Gasteiger partial charge in [0.2, 0.25) is 0 Å². The Morgan fingerprint density at radius 1 is 1.45 bits per heavy atom. The minimum atomic E-state index is -0.743. The summed E-state index contributed by atoms with van der Waals surface area (Å²) in [7, 11) is 1.33. The van der Waals surface area contributed by atoms with Crippen molar-refractivity contribution in [2.75, 3.05) is 12.4 Å². The molecular formula is C14H18N2O4. The van der Waals surface area contributed by atoms with Crippen molar-refractivity contribution in [1.82, 2.24) is 4.98 Å². The fourth-order valence-corrected chi connectivity index (χ4v) is 2.51. The summed E-state index contributed by atoms with van der Waals surface area (Å²) in [6.07, 6.45) is 4.63. The van der Waals surface area contributed by atoms with Crippen LogP contribution in [0.25, 0.3) is 0 Å². The molecule has 0 aromatic carbocycles. The normalized spacial score (nSPS) is 22.1. The molecule has 0 bridgehead atoms. The summed E-state index contributed by atoms with van der Waals surface area (Å²) in [5.41, 5.74) is 0.426. The third-order valence-electron chi connectivity index (χ3n) is 3.56. The van der Waals surface area contributed by atoms with E-state index in [0.717, 1.165) is 19.3 Å². The number of pyridine rings is 1. The van der Waals surface area contributed by atoms with Gasteiger partial charge < -0.3 is 15.2 Å². The van der Waals surface area contributed by atoms with Crippen LogP contribution in [0.15, 0.2) is 18.3 Å². The van der Waals surface area contributed by atoms with Crippen molar-refractivity contribution < 1.29 is 19.4 Å². The number of hydrogen-bond acceptors (Lipinski definition) is 5. The number of carboxylic acids is 1. The molecule has 0 amide bonds. The minimum absolute atomic E-state index is 0.0743. The summed E-state index contributed by atoms with van der Waals surface area (Å²) in [5.74, 6) is -0.885. The molecule has 1 aromatic heterocycles. The van der Waals surface area contributed by atoms with Crippen LogP contribution in [-0.2, 0) is 9.53 Å². The molecule has 6 heteroatoms. The third kappa shape index (κ3) is 3.46. The number of nitrogens with zero attached hydrogens (tertiary/aromatic N) is 1. The number of nitrogens with one attached hydrogen (secondary N) is 1. The van der Waals surface area contributed by atoms with Crippen LogP contribution in [0.1, 0.15) is 36.0 Å². The molecule has 1 fully saturated rings. The number of esters is 1. The second-order valence-corrected chi connectivity index (χ2v) is 4.96. The quantitative estimate of drug-likeness (QED) is 0.818. The first-order valence-electron chi connectivity index (χ1n) is 6.64. The minimum Gasteiger partial charge on any atom is -0.481 e. The lowest BCUT2D eigenvalue weighted by molar-refractivity contribution is -0.142. The number of carbonyl (C=O) groups is 2. The number of carbonyl (C=O) groups excluding carboxylic acids is 1. The SMILES string of the molecule is COC(=O)c1ccnc(NC2CCCC(C(=O)O)C2)c1. The topological polar surface area (TPSA) is 88.5 Å². The lowest BCUT2D eigenvalue weighted by atomic mass is 9.86. The first-order chi connectivity index (χ1) is 9.60. The fraction of sp³-hybridized carbons (Fsp3) is 0.500. The maximum atomic E-state index is 11.4. The molecule has 1 aliphatic carbocycles. The Bertz CT molecular complexity index is 504. The van der Waals surface area contributed by atoms with Crippen LogP contribution >= 0.6 is 0 Å². The zero-order valence-electron chi connectivity index (χ0n) is 11.3. The molecule has 6 nitrogen and oxygen atoms in total. The molecule has 0 radical (unpaired) electrons. The summed E-state index contributed by atoms with van der Waals surface area (Å²) >= 11 is 0. The van der Waals surface area contributed by atoms with E-state index in [2.05, 4.69) is 15.0 Å². The smallest absolute Gasteiger partial charge is 0.338 e. The number of methoxy groups -OCH3 is 1. The van der Waals surface area contributed by atoms with Gasteiger partial charge in [-0.05, 0) is 31.4 Å². The van der Waals surface area contributed by atoms with Crippen LogP contribution < -0.4 is 5.32 Å². The monoisotopic (exact) mass is 278 g/mol. The van der Waals surface area contributed by atoms with E-state index in [-0.39, 0.29) is 12.0 Å². The van der Waals surface area contributed by atoms with Crippen LogP contribution in [0.4, 0.5) is 5.82 Å². The molecule has 2 unspecified atom stereocenters. The van der Waals surface area contributed by atoms with Crippen LogP contribution in [-0.4, -0.2) is 35.2 Å². The van der Waals surface area contributed by atoms with Crippen LogP contribution in [0.3, 0.4) is 0 Å². The van der Waals surface area contributed by atoms with Gasteiger partial charge >= 0.3 is 11.9 Å². The van der Waals surface area contributed by atoms with E-state index in [1.165, 1.54) is 13.3 Å². The van der Waals surface area contributed by atoms with Gasteiger partial charge in [-0.15, -0.1) is 0 Å². The van der Waals surface area contributed by atoms with Gasteiger partial charge in [0.25, 0.3) is 0 Å². The number of hydrogen-bond donors (Lipinski definition) is 2. The molecule has 2 atom stereocenters. The van der Waals surface area contributed by atoms with E-state index in [1.807, 2.05) is 0 Å². The predicted octanol–water partition coefficient (Wildman–Crippen LogP) is 1.92. The zero-order valence-corrected chi connectivity index (χ0v) is 11.3. The molecule has 1 aromatic rings. The van der Waals surface area contributed by atoms with Crippen LogP contribution in [0.2, 0.25) is 0 Å². The lowest BCUT2D eigenvalue weighted by Crippen LogP contribution is -2.31. The highest BCUT2D eigenvalue weighted by atomic mass is 16.5. The molecule has 0 aliphatic heterocycles. The molecule has 1 heterocycles.